The number of nitrogens with zero attached hydrogens (tertiary/aromatic N) is 1. The van der Waals surface area contributed by atoms with E-state index in [2.05, 4.69) is 15.8 Å². The van der Waals surface area contributed by atoms with E-state index in [1.165, 1.54) is 0 Å². The van der Waals surface area contributed by atoms with Gasteiger partial charge in [-0.15, -0.1) is 0 Å². The first-order valence-corrected chi connectivity index (χ1v) is 6.86. The Morgan fingerprint density at radius 1 is 1.05 bits per heavy atom. The third-order valence-electron chi connectivity index (χ3n) is 2.62. The molecule has 2 N–H and O–H groups in total. The van der Waals surface area contributed by atoms with E-state index in [4.69, 9.17) is 23.8 Å². The Bertz CT molecular complexity index is 609. The number of hydrogen-bond acceptors (Lipinski definition) is 2. The number of thiocarbonyl (C=S) groups is 1. The minimum Gasteiger partial charge on any atom is -0.331 e. The van der Waals surface area contributed by atoms with Crippen LogP contribution in [0, 0.1) is 0 Å². The molecule has 2 aromatic rings. The first kappa shape index (κ1) is 14.5. The van der Waals surface area contributed by atoms with Crippen LogP contribution in [0.2, 0.25) is 5.02 Å². The highest BCUT2D eigenvalue weighted by Crippen LogP contribution is 2.10. The second-order valence-electron chi connectivity index (χ2n) is 4.14. The fourth-order valence-electron chi connectivity index (χ4n) is 1.57. The van der Waals surface area contributed by atoms with E-state index in [-0.39, 0.29) is 0 Å². The van der Waals surface area contributed by atoms with Gasteiger partial charge in [-0.1, -0.05) is 41.9 Å². The van der Waals surface area contributed by atoms with Gasteiger partial charge in [-0.25, -0.2) is 0 Å². The molecule has 0 unspecified atom stereocenters. The zero-order valence-electron chi connectivity index (χ0n) is 10.9. The average Bonchev–Trinajstić information content (AvgIpc) is 2.46. The van der Waals surface area contributed by atoms with E-state index in [9.17, 15) is 0 Å². The molecular weight excluding hydrogens is 290 g/mol. The highest BCUT2D eigenvalue weighted by atomic mass is 35.5. The number of rotatable bonds is 3. The Kier molecular flexibility index (Phi) is 5.09. The predicted molar refractivity (Wildman–Crippen MR) is 89.5 cm³/mol. The Morgan fingerprint density at radius 2 is 1.70 bits per heavy atom. The van der Waals surface area contributed by atoms with Crippen LogP contribution in [0.3, 0.4) is 0 Å². The van der Waals surface area contributed by atoms with Crippen LogP contribution in [-0.2, 0) is 0 Å². The molecule has 0 spiro atoms. The minimum atomic E-state index is 0.449. The summed E-state index contributed by atoms with van der Waals surface area (Å²) in [6, 6.07) is 17.2. The van der Waals surface area contributed by atoms with Crippen LogP contribution in [0.25, 0.3) is 0 Å². The summed E-state index contributed by atoms with van der Waals surface area (Å²) < 4.78 is 0. The molecule has 0 aliphatic heterocycles. The maximum atomic E-state index is 5.85. The summed E-state index contributed by atoms with van der Waals surface area (Å²) in [5, 5.41) is 8.44. The summed E-state index contributed by atoms with van der Waals surface area (Å²) in [6.45, 7) is 1.90. The van der Waals surface area contributed by atoms with E-state index in [1.807, 2.05) is 61.5 Å². The van der Waals surface area contributed by atoms with E-state index in [0.717, 1.165) is 17.0 Å². The van der Waals surface area contributed by atoms with Crippen molar-refractivity contribution in [3.8, 4) is 0 Å². The van der Waals surface area contributed by atoms with Gasteiger partial charge in [-0.05, 0) is 49.0 Å². The molecule has 0 aromatic heterocycles. The lowest BCUT2D eigenvalue weighted by Gasteiger charge is -2.07. The van der Waals surface area contributed by atoms with Crippen molar-refractivity contribution in [3.05, 3.63) is 65.2 Å². The van der Waals surface area contributed by atoms with Crippen LogP contribution >= 0.6 is 23.8 Å². The van der Waals surface area contributed by atoms with Gasteiger partial charge in [0.2, 0.25) is 0 Å². The zero-order valence-corrected chi connectivity index (χ0v) is 12.5. The number of nitrogens with one attached hydrogen (secondary N) is 2. The summed E-state index contributed by atoms with van der Waals surface area (Å²) in [4.78, 5) is 0. The molecule has 102 valence electrons. The average molecular weight is 304 g/mol. The standard InChI is InChI=1S/C15H14ClN3S/c1-11(12-7-9-13(16)10-8-12)18-19-15(20)17-14-5-3-2-4-6-14/h2-10H,1H3,(H2,17,19,20)/b18-11+. The zero-order chi connectivity index (χ0) is 14.4. The van der Waals surface area contributed by atoms with Gasteiger partial charge in [0.15, 0.2) is 5.11 Å². The molecule has 2 rings (SSSR count). The topological polar surface area (TPSA) is 36.4 Å². The van der Waals surface area contributed by atoms with Gasteiger partial charge < -0.3 is 5.32 Å². The predicted octanol–water partition coefficient (Wildman–Crippen LogP) is 4.05. The van der Waals surface area contributed by atoms with Crippen LogP contribution in [0.5, 0.6) is 0 Å². The number of halogens is 1. The van der Waals surface area contributed by atoms with Crippen molar-refractivity contribution in [1.82, 2.24) is 5.43 Å². The third kappa shape index (κ3) is 4.33. The molecule has 0 heterocycles. The highest BCUT2D eigenvalue weighted by Gasteiger charge is 1.99. The maximum Gasteiger partial charge on any atom is 0.191 e. The molecule has 2 aromatic carbocycles. The Morgan fingerprint density at radius 3 is 2.35 bits per heavy atom. The molecule has 0 bridgehead atoms. The van der Waals surface area contributed by atoms with Crippen LogP contribution in [0.4, 0.5) is 5.69 Å². The molecular formula is C15H14ClN3S. The van der Waals surface area contributed by atoms with Crippen LogP contribution in [-0.4, -0.2) is 10.8 Å². The smallest absolute Gasteiger partial charge is 0.191 e. The number of hydrogen-bond donors (Lipinski definition) is 2. The Balaban J connectivity index is 1.95. The van der Waals surface area contributed by atoms with Gasteiger partial charge in [0, 0.05) is 10.7 Å². The van der Waals surface area contributed by atoms with Gasteiger partial charge in [-0.2, -0.15) is 5.10 Å². The van der Waals surface area contributed by atoms with Gasteiger partial charge >= 0.3 is 0 Å². The molecule has 3 nitrogen and oxygen atoms in total. The quantitative estimate of drug-likeness (QED) is 0.510. The fraction of sp³-hybridized carbons (Fsp3) is 0.0667. The van der Waals surface area contributed by atoms with Crippen molar-refractivity contribution in [1.29, 1.82) is 0 Å². The summed E-state index contributed by atoms with van der Waals surface area (Å²) in [5.74, 6) is 0. The van der Waals surface area contributed by atoms with Crippen LogP contribution in [0.1, 0.15) is 12.5 Å². The van der Waals surface area contributed by atoms with Crippen molar-refractivity contribution in [2.24, 2.45) is 5.10 Å². The molecule has 0 saturated carbocycles. The van der Waals surface area contributed by atoms with Crippen molar-refractivity contribution in [2.75, 3.05) is 5.32 Å². The summed E-state index contributed by atoms with van der Waals surface area (Å²) in [6.07, 6.45) is 0. The Hall–Kier alpha value is -1.91. The van der Waals surface area contributed by atoms with Gasteiger partial charge in [0.1, 0.15) is 0 Å². The van der Waals surface area contributed by atoms with Crippen LogP contribution < -0.4 is 10.7 Å². The summed E-state index contributed by atoms with van der Waals surface area (Å²) in [5.41, 5.74) is 5.56. The van der Waals surface area contributed by atoms with E-state index in [1.54, 1.807) is 0 Å². The normalized spacial score (nSPS) is 11.0. The van der Waals surface area contributed by atoms with E-state index < -0.39 is 0 Å². The minimum absolute atomic E-state index is 0.449. The first-order chi connectivity index (χ1) is 9.65. The van der Waals surface area contributed by atoms with Crippen molar-refractivity contribution in [2.45, 2.75) is 6.92 Å². The molecule has 0 saturated heterocycles. The molecule has 0 aliphatic rings. The number of anilines is 1. The molecule has 20 heavy (non-hydrogen) atoms. The molecule has 0 radical (unpaired) electrons. The van der Waals surface area contributed by atoms with Gasteiger partial charge in [0.05, 0.1) is 5.71 Å². The van der Waals surface area contributed by atoms with E-state index >= 15 is 0 Å². The van der Waals surface area contributed by atoms with Gasteiger partial charge in [-0.3, -0.25) is 5.43 Å². The Labute approximate surface area is 128 Å². The largest absolute Gasteiger partial charge is 0.331 e. The molecule has 5 heteroatoms. The van der Waals surface area contributed by atoms with Gasteiger partial charge in [0.25, 0.3) is 0 Å². The van der Waals surface area contributed by atoms with Crippen molar-refractivity contribution in [3.63, 3.8) is 0 Å². The van der Waals surface area contributed by atoms with Crippen LogP contribution in [0.15, 0.2) is 59.7 Å². The maximum absolute atomic E-state index is 5.85. The van der Waals surface area contributed by atoms with E-state index in [0.29, 0.717) is 10.1 Å². The summed E-state index contributed by atoms with van der Waals surface area (Å²) in [7, 11) is 0. The second kappa shape index (κ2) is 7.03. The van der Waals surface area contributed by atoms with Crippen molar-refractivity contribution < 1.29 is 0 Å². The SMILES string of the molecule is C/C(=N\NC(=S)Nc1ccccc1)c1ccc(Cl)cc1. The second-order valence-corrected chi connectivity index (χ2v) is 4.98. The number of benzene rings is 2. The molecule has 0 aliphatic carbocycles. The summed E-state index contributed by atoms with van der Waals surface area (Å²) >= 11 is 11.0. The number of para-hydroxylation sites is 1. The third-order valence-corrected chi connectivity index (χ3v) is 3.06. The first-order valence-electron chi connectivity index (χ1n) is 6.07. The lowest BCUT2D eigenvalue weighted by atomic mass is 10.1. The fourth-order valence-corrected chi connectivity index (χ4v) is 1.86. The highest BCUT2D eigenvalue weighted by molar-refractivity contribution is 7.80. The molecule has 0 atom stereocenters. The number of hydrazone groups is 1. The monoisotopic (exact) mass is 303 g/mol. The lowest BCUT2D eigenvalue weighted by Crippen LogP contribution is -2.24. The molecule has 0 fully saturated rings. The van der Waals surface area contributed by atoms with Crippen molar-refractivity contribution >= 4 is 40.3 Å². The molecule has 0 amide bonds. The lowest BCUT2D eigenvalue weighted by molar-refractivity contribution is 1.04.